The number of morpholine rings is 1. The van der Waals surface area contributed by atoms with Crippen LogP contribution in [0.1, 0.15) is 25.5 Å². The minimum atomic E-state index is -0.193. The molecule has 0 spiro atoms. The van der Waals surface area contributed by atoms with Crippen LogP contribution in [-0.2, 0) is 4.74 Å². The van der Waals surface area contributed by atoms with Gasteiger partial charge in [-0.3, -0.25) is 4.90 Å². The normalized spacial score (nSPS) is 18.9. The number of hydrogen-bond donors (Lipinski definition) is 1. The van der Waals surface area contributed by atoms with Gasteiger partial charge < -0.3 is 15.2 Å². The first-order valence-electron chi connectivity index (χ1n) is 6.88. The Bertz CT molecular complexity index is 459. The Morgan fingerprint density at radius 2 is 2.00 bits per heavy atom. The van der Waals surface area contributed by atoms with Crippen LogP contribution in [0.15, 0.2) is 18.2 Å². The third-order valence-corrected chi connectivity index (χ3v) is 4.35. The Kier molecular flexibility index (Phi) is 4.91. The van der Waals surface area contributed by atoms with Gasteiger partial charge in [0.05, 0.1) is 26.4 Å². The molecule has 0 bridgehead atoms. The summed E-state index contributed by atoms with van der Waals surface area (Å²) >= 11 is 6.11. The molecule has 4 nitrogen and oxygen atoms in total. The topological polar surface area (TPSA) is 47.7 Å². The lowest BCUT2D eigenvalue weighted by atomic mass is 9.86. The first-order valence-corrected chi connectivity index (χ1v) is 7.26. The van der Waals surface area contributed by atoms with E-state index in [2.05, 4.69) is 18.7 Å². The van der Waals surface area contributed by atoms with Crippen molar-refractivity contribution in [3.05, 3.63) is 28.8 Å². The molecule has 0 amide bonds. The maximum Gasteiger partial charge on any atom is 0.123 e. The average Bonchev–Trinajstić information content (AvgIpc) is 2.47. The molecule has 5 heteroatoms. The summed E-state index contributed by atoms with van der Waals surface area (Å²) in [6, 6.07) is 5.40. The van der Waals surface area contributed by atoms with Crippen LogP contribution in [0.2, 0.25) is 5.02 Å². The molecular weight excluding hydrogens is 276 g/mol. The standard InChI is InChI=1S/C15H23ClN2O2/c1-15(2,18-6-8-20-9-7-18)14(17)12-10-11(16)4-5-13(12)19-3/h4-5,10,14H,6-9,17H2,1-3H3. The second-order valence-electron chi connectivity index (χ2n) is 5.62. The predicted molar refractivity (Wildman–Crippen MR) is 81.4 cm³/mol. The number of ether oxygens (including phenoxy) is 2. The molecule has 1 aromatic rings. The summed E-state index contributed by atoms with van der Waals surface area (Å²) < 4.78 is 10.8. The van der Waals surface area contributed by atoms with E-state index in [4.69, 9.17) is 26.8 Å². The molecule has 112 valence electrons. The van der Waals surface area contributed by atoms with Crippen molar-refractivity contribution in [2.75, 3.05) is 33.4 Å². The maximum absolute atomic E-state index is 6.53. The summed E-state index contributed by atoms with van der Waals surface area (Å²) in [5.74, 6) is 0.781. The van der Waals surface area contributed by atoms with Gasteiger partial charge in [-0.15, -0.1) is 0 Å². The highest BCUT2D eigenvalue weighted by Crippen LogP contribution is 2.36. The van der Waals surface area contributed by atoms with Gasteiger partial charge in [0.2, 0.25) is 0 Å². The van der Waals surface area contributed by atoms with Crippen LogP contribution in [0.3, 0.4) is 0 Å². The number of rotatable bonds is 4. The van der Waals surface area contributed by atoms with Crippen LogP contribution >= 0.6 is 11.6 Å². The van der Waals surface area contributed by atoms with Crippen molar-refractivity contribution >= 4 is 11.6 Å². The SMILES string of the molecule is COc1ccc(Cl)cc1C(N)C(C)(C)N1CCOCC1. The number of benzene rings is 1. The quantitative estimate of drug-likeness (QED) is 0.927. The van der Waals surface area contributed by atoms with E-state index in [9.17, 15) is 0 Å². The van der Waals surface area contributed by atoms with E-state index >= 15 is 0 Å². The average molecular weight is 299 g/mol. The third kappa shape index (κ3) is 3.09. The van der Waals surface area contributed by atoms with Crippen molar-refractivity contribution in [2.45, 2.75) is 25.4 Å². The molecule has 1 fully saturated rings. The molecule has 1 unspecified atom stereocenters. The van der Waals surface area contributed by atoms with Gasteiger partial charge in [-0.1, -0.05) is 11.6 Å². The largest absolute Gasteiger partial charge is 0.496 e. The van der Waals surface area contributed by atoms with E-state index in [0.29, 0.717) is 5.02 Å². The Morgan fingerprint density at radius 1 is 1.35 bits per heavy atom. The van der Waals surface area contributed by atoms with Crippen molar-refractivity contribution in [1.29, 1.82) is 0 Å². The number of methoxy groups -OCH3 is 1. The highest BCUT2D eigenvalue weighted by atomic mass is 35.5. The third-order valence-electron chi connectivity index (χ3n) is 4.11. The number of nitrogens with two attached hydrogens (primary N) is 1. The summed E-state index contributed by atoms with van der Waals surface area (Å²) in [5.41, 5.74) is 7.28. The summed E-state index contributed by atoms with van der Waals surface area (Å²) in [4.78, 5) is 2.36. The maximum atomic E-state index is 6.53. The first-order chi connectivity index (χ1) is 9.46. The van der Waals surface area contributed by atoms with E-state index in [1.54, 1.807) is 7.11 Å². The van der Waals surface area contributed by atoms with Crippen LogP contribution in [0.5, 0.6) is 5.75 Å². The second-order valence-corrected chi connectivity index (χ2v) is 6.05. The van der Waals surface area contributed by atoms with Crippen molar-refractivity contribution in [1.82, 2.24) is 4.90 Å². The number of hydrogen-bond acceptors (Lipinski definition) is 4. The summed E-state index contributed by atoms with van der Waals surface area (Å²) in [7, 11) is 1.65. The molecule has 1 aliphatic heterocycles. The minimum Gasteiger partial charge on any atom is -0.496 e. The fourth-order valence-electron chi connectivity index (χ4n) is 2.67. The van der Waals surface area contributed by atoms with Crippen LogP contribution in [-0.4, -0.2) is 43.9 Å². The van der Waals surface area contributed by atoms with Gasteiger partial charge in [-0.05, 0) is 32.0 Å². The first kappa shape index (κ1) is 15.6. The fraction of sp³-hybridized carbons (Fsp3) is 0.600. The number of nitrogens with zero attached hydrogens (tertiary/aromatic N) is 1. The van der Waals surface area contributed by atoms with E-state index in [1.165, 1.54) is 0 Å². The zero-order valence-electron chi connectivity index (χ0n) is 12.4. The molecule has 0 saturated carbocycles. The van der Waals surface area contributed by atoms with Crippen molar-refractivity contribution < 1.29 is 9.47 Å². The van der Waals surface area contributed by atoms with Gasteiger partial charge in [0.25, 0.3) is 0 Å². The van der Waals surface area contributed by atoms with Crippen molar-refractivity contribution in [3.63, 3.8) is 0 Å². The zero-order valence-corrected chi connectivity index (χ0v) is 13.1. The molecule has 1 aliphatic rings. The molecule has 1 heterocycles. The van der Waals surface area contributed by atoms with Gasteiger partial charge in [-0.25, -0.2) is 0 Å². The summed E-state index contributed by atoms with van der Waals surface area (Å²) in [6.07, 6.45) is 0. The van der Waals surface area contributed by atoms with Crippen LogP contribution in [0.25, 0.3) is 0 Å². The Labute approximate surface area is 125 Å². The zero-order chi connectivity index (χ0) is 14.8. The molecule has 0 radical (unpaired) electrons. The molecule has 2 rings (SSSR count). The highest BCUT2D eigenvalue weighted by Gasteiger charge is 2.36. The lowest BCUT2D eigenvalue weighted by Gasteiger charge is -2.44. The molecular formula is C15H23ClN2O2. The summed E-state index contributed by atoms with van der Waals surface area (Å²) in [5, 5.41) is 0.675. The molecule has 1 atom stereocenters. The summed E-state index contributed by atoms with van der Waals surface area (Å²) in [6.45, 7) is 7.60. The van der Waals surface area contributed by atoms with Crippen molar-refractivity contribution in [2.24, 2.45) is 5.73 Å². The molecule has 2 N–H and O–H groups in total. The Morgan fingerprint density at radius 3 is 2.60 bits per heavy atom. The van der Waals surface area contributed by atoms with Crippen LogP contribution < -0.4 is 10.5 Å². The van der Waals surface area contributed by atoms with Gasteiger partial charge in [0.1, 0.15) is 5.75 Å². The predicted octanol–water partition coefficient (Wildman–Crippen LogP) is 2.46. The van der Waals surface area contributed by atoms with Gasteiger partial charge in [0, 0.05) is 29.2 Å². The van der Waals surface area contributed by atoms with Crippen molar-refractivity contribution in [3.8, 4) is 5.75 Å². The van der Waals surface area contributed by atoms with E-state index < -0.39 is 0 Å². The molecule has 0 aliphatic carbocycles. The lowest BCUT2D eigenvalue weighted by Crippen LogP contribution is -2.55. The van der Waals surface area contributed by atoms with E-state index in [0.717, 1.165) is 37.6 Å². The molecule has 0 aromatic heterocycles. The highest BCUT2D eigenvalue weighted by molar-refractivity contribution is 6.30. The van der Waals surface area contributed by atoms with Gasteiger partial charge in [-0.2, -0.15) is 0 Å². The van der Waals surface area contributed by atoms with Crippen LogP contribution in [0.4, 0.5) is 0 Å². The lowest BCUT2D eigenvalue weighted by molar-refractivity contribution is -0.0192. The Balaban J connectivity index is 2.28. The van der Waals surface area contributed by atoms with Gasteiger partial charge >= 0.3 is 0 Å². The smallest absolute Gasteiger partial charge is 0.123 e. The van der Waals surface area contributed by atoms with E-state index in [-0.39, 0.29) is 11.6 Å². The monoisotopic (exact) mass is 298 g/mol. The van der Waals surface area contributed by atoms with Crippen LogP contribution in [0, 0.1) is 0 Å². The molecule has 1 aromatic carbocycles. The fourth-order valence-corrected chi connectivity index (χ4v) is 2.85. The second kappa shape index (κ2) is 6.31. The van der Waals surface area contributed by atoms with E-state index in [1.807, 2.05) is 18.2 Å². The minimum absolute atomic E-state index is 0.186. The molecule has 20 heavy (non-hydrogen) atoms. The van der Waals surface area contributed by atoms with Gasteiger partial charge in [0.15, 0.2) is 0 Å². The number of halogens is 1. The molecule has 1 saturated heterocycles. The Hall–Kier alpha value is -0.810.